The lowest BCUT2D eigenvalue weighted by Crippen LogP contribution is -2.52. The van der Waals surface area contributed by atoms with Crippen molar-refractivity contribution < 1.29 is 52.7 Å². The van der Waals surface area contributed by atoms with Crippen LogP contribution in [0, 0.1) is 29.1 Å². The molecule has 0 unspecified atom stereocenters. The minimum absolute atomic E-state index is 0.0486. The highest BCUT2D eigenvalue weighted by atomic mass is 19.4. The molecule has 31 heavy (non-hydrogen) atoms. The van der Waals surface area contributed by atoms with Crippen LogP contribution in [0.25, 0.3) is 11.6 Å². The maximum atomic E-state index is 14.2. The van der Waals surface area contributed by atoms with Crippen molar-refractivity contribution in [3.63, 3.8) is 0 Å². The van der Waals surface area contributed by atoms with E-state index in [4.69, 9.17) is 0 Å². The zero-order valence-electron chi connectivity index (χ0n) is 14.7. The van der Waals surface area contributed by atoms with Crippen LogP contribution in [0.5, 0.6) is 0 Å². The summed E-state index contributed by atoms with van der Waals surface area (Å²) < 4.78 is 160. The molecule has 0 aliphatic carbocycles. The van der Waals surface area contributed by atoms with Gasteiger partial charge >= 0.3 is 18.0 Å². The maximum Gasteiger partial charge on any atom is 0.460 e. The molecule has 0 aliphatic heterocycles. The van der Waals surface area contributed by atoms with Gasteiger partial charge in [-0.05, 0) is 11.6 Å². The van der Waals surface area contributed by atoms with Crippen LogP contribution >= 0.6 is 0 Å². The van der Waals surface area contributed by atoms with E-state index in [2.05, 4.69) is 0 Å². The van der Waals surface area contributed by atoms with Gasteiger partial charge in [-0.1, -0.05) is 42.5 Å². The number of benzene rings is 2. The molecule has 0 saturated heterocycles. The van der Waals surface area contributed by atoms with Gasteiger partial charge < -0.3 is 0 Å². The number of alkyl halides is 7. The quantitative estimate of drug-likeness (QED) is 0.188. The zero-order valence-corrected chi connectivity index (χ0v) is 14.7. The van der Waals surface area contributed by atoms with E-state index >= 15 is 0 Å². The van der Waals surface area contributed by atoms with E-state index in [1.54, 1.807) is 0 Å². The van der Waals surface area contributed by atoms with Gasteiger partial charge in [-0.15, -0.1) is 0 Å². The Labute approximate surface area is 166 Å². The minimum atomic E-state index is -6.67. The Hall–Kier alpha value is -2.92. The summed E-state index contributed by atoms with van der Waals surface area (Å²) in [6, 6.07) is 4.78. The van der Waals surface area contributed by atoms with Crippen LogP contribution in [0.4, 0.5) is 52.7 Å². The fourth-order valence-electron chi connectivity index (χ4n) is 2.36. The second kappa shape index (κ2) is 8.31. The fraction of sp³-hybridized carbons (Fsp3) is 0.158. The summed E-state index contributed by atoms with van der Waals surface area (Å²) in [6.07, 6.45) is -6.51. The standard InChI is InChI=1S/C19H8F12/c20-12-10(13(21)15(23)16(24)14(12)22)7-4-8-11(9-5-2-1-3-6-9)17(25,26)18(27,28)19(29,30)31/h1-8H/b7-4+,11-8-. The Kier molecular flexibility index (Phi) is 6.53. The van der Waals surface area contributed by atoms with E-state index in [-0.39, 0.29) is 18.2 Å². The molecular weight excluding hydrogens is 456 g/mol. The van der Waals surface area contributed by atoms with Crippen molar-refractivity contribution in [1.29, 1.82) is 0 Å². The van der Waals surface area contributed by atoms with E-state index in [0.717, 1.165) is 24.3 Å². The van der Waals surface area contributed by atoms with E-state index in [0.29, 0.717) is 0 Å². The second-order valence-electron chi connectivity index (χ2n) is 5.94. The molecular formula is C19H8F12. The first-order valence-electron chi connectivity index (χ1n) is 7.92. The minimum Gasteiger partial charge on any atom is -0.203 e. The van der Waals surface area contributed by atoms with Crippen LogP contribution in [0.2, 0.25) is 0 Å². The lowest BCUT2D eigenvalue weighted by molar-refractivity contribution is -0.338. The predicted molar refractivity (Wildman–Crippen MR) is 85.6 cm³/mol. The van der Waals surface area contributed by atoms with Gasteiger partial charge in [-0.25, -0.2) is 22.0 Å². The van der Waals surface area contributed by atoms with Crippen LogP contribution in [0.3, 0.4) is 0 Å². The molecule has 2 rings (SSSR count). The zero-order chi connectivity index (χ0) is 23.8. The van der Waals surface area contributed by atoms with E-state index < -0.39 is 63.8 Å². The Bertz CT molecular complexity index is 987. The van der Waals surface area contributed by atoms with Crippen molar-refractivity contribution >= 4 is 11.6 Å². The first kappa shape index (κ1) is 24.4. The summed E-state index contributed by atoms with van der Waals surface area (Å²) in [5.74, 6) is -24.4. The van der Waals surface area contributed by atoms with Crippen molar-refractivity contribution in [3.8, 4) is 0 Å². The molecule has 0 heterocycles. The van der Waals surface area contributed by atoms with Gasteiger partial charge in [0, 0.05) is 5.57 Å². The average Bonchev–Trinajstić information content (AvgIpc) is 2.69. The predicted octanol–water partition coefficient (Wildman–Crippen LogP) is 7.31. The van der Waals surface area contributed by atoms with Gasteiger partial charge in [0.05, 0.1) is 5.56 Å². The third-order valence-electron chi connectivity index (χ3n) is 3.94. The van der Waals surface area contributed by atoms with E-state index in [1.165, 1.54) is 6.07 Å². The SMILES string of the molecule is Fc1c(F)c(F)c(/C=C/C=C(/c2ccccc2)C(F)(F)C(F)(F)C(F)(F)F)c(F)c1F. The Morgan fingerprint density at radius 3 is 1.55 bits per heavy atom. The molecule has 0 aliphatic rings. The Morgan fingerprint density at radius 2 is 1.10 bits per heavy atom. The Morgan fingerprint density at radius 1 is 0.645 bits per heavy atom. The van der Waals surface area contributed by atoms with Crippen LogP contribution in [-0.4, -0.2) is 18.0 Å². The molecule has 2 aromatic carbocycles. The second-order valence-corrected chi connectivity index (χ2v) is 5.94. The van der Waals surface area contributed by atoms with E-state index in [9.17, 15) is 52.7 Å². The summed E-state index contributed by atoms with van der Waals surface area (Å²) in [7, 11) is 0. The average molecular weight is 464 g/mol. The third kappa shape index (κ3) is 4.28. The third-order valence-corrected chi connectivity index (χ3v) is 3.94. The number of hydrogen-bond donors (Lipinski definition) is 0. The summed E-state index contributed by atoms with van der Waals surface area (Å²) in [6.45, 7) is 0. The van der Waals surface area contributed by atoms with Crippen LogP contribution in [0.1, 0.15) is 11.1 Å². The molecule has 0 radical (unpaired) electrons. The molecule has 0 nitrogen and oxygen atoms in total. The smallest absolute Gasteiger partial charge is 0.203 e. The summed E-state index contributed by atoms with van der Waals surface area (Å²) in [5, 5.41) is 0. The van der Waals surface area contributed by atoms with Gasteiger partial charge in [0.1, 0.15) is 0 Å². The van der Waals surface area contributed by atoms with Crippen molar-refractivity contribution in [3.05, 3.63) is 82.7 Å². The van der Waals surface area contributed by atoms with Gasteiger partial charge in [-0.3, -0.25) is 0 Å². The molecule has 0 bridgehead atoms. The number of halogens is 12. The van der Waals surface area contributed by atoms with Gasteiger partial charge in [-0.2, -0.15) is 30.7 Å². The topological polar surface area (TPSA) is 0 Å². The van der Waals surface area contributed by atoms with Gasteiger partial charge in [0.2, 0.25) is 5.82 Å². The van der Waals surface area contributed by atoms with Gasteiger partial charge in [0.25, 0.3) is 0 Å². The monoisotopic (exact) mass is 464 g/mol. The lowest BCUT2D eigenvalue weighted by Gasteiger charge is -2.30. The molecule has 168 valence electrons. The summed E-state index contributed by atoms with van der Waals surface area (Å²) in [5.41, 5.74) is -4.36. The fourth-order valence-corrected chi connectivity index (χ4v) is 2.36. The number of allylic oxidation sites excluding steroid dienone is 3. The molecule has 0 aromatic heterocycles. The molecule has 0 spiro atoms. The normalized spacial score (nSPS) is 13.9. The van der Waals surface area contributed by atoms with Crippen molar-refractivity contribution in [2.45, 2.75) is 18.0 Å². The van der Waals surface area contributed by atoms with Gasteiger partial charge in [0.15, 0.2) is 23.3 Å². The highest BCUT2D eigenvalue weighted by molar-refractivity contribution is 5.74. The van der Waals surface area contributed by atoms with Crippen molar-refractivity contribution in [1.82, 2.24) is 0 Å². The molecule has 0 saturated carbocycles. The number of hydrogen-bond acceptors (Lipinski definition) is 0. The largest absolute Gasteiger partial charge is 0.460 e. The highest BCUT2D eigenvalue weighted by Gasteiger charge is 2.74. The molecule has 2 aromatic rings. The van der Waals surface area contributed by atoms with Crippen molar-refractivity contribution in [2.75, 3.05) is 0 Å². The van der Waals surface area contributed by atoms with Crippen LogP contribution in [-0.2, 0) is 0 Å². The molecule has 0 atom stereocenters. The van der Waals surface area contributed by atoms with E-state index in [1.807, 2.05) is 0 Å². The van der Waals surface area contributed by atoms with Crippen LogP contribution in [0.15, 0.2) is 42.5 Å². The maximum absolute atomic E-state index is 14.2. The van der Waals surface area contributed by atoms with Crippen molar-refractivity contribution in [2.24, 2.45) is 0 Å². The summed E-state index contributed by atoms with van der Waals surface area (Å²) >= 11 is 0. The lowest BCUT2D eigenvalue weighted by atomic mass is 9.94. The summed E-state index contributed by atoms with van der Waals surface area (Å²) in [4.78, 5) is 0. The molecule has 0 fully saturated rings. The first-order valence-corrected chi connectivity index (χ1v) is 7.92. The molecule has 0 N–H and O–H groups in total. The first-order chi connectivity index (χ1) is 14.1. The molecule has 12 heteroatoms. The van der Waals surface area contributed by atoms with Crippen LogP contribution < -0.4 is 0 Å². The molecule has 0 amide bonds. The number of rotatable bonds is 5. The Balaban J connectivity index is 2.66. The highest BCUT2D eigenvalue weighted by Crippen LogP contribution is 2.52.